The summed E-state index contributed by atoms with van der Waals surface area (Å²) in [6, 6.07) is 0. The third kappa shape index (κ3) is 1.43. The predicted molar refractivity (Wildman–Crippen MR) is 74.2 cm³/mol. The van der Waals surface area contributed by atoms with Gasteiger partial charge >= 0.3 is 17.9 Å². The van der Waals surface area contributed by atoms with Gasteiger partial charge in [-0.25, -0.2) is 0 Å². The molecule has 0 N–H and O–H groups in total. The first-order valence-electron chi connectivity index (χ1n) is 7.21. The molecule has 4 rings (SSSR count). The molecule has 2 aliphatic heterocycles. The molecule has 2 aliphatic carbocycles. The zero-order valence-corrected chi connectivity index (χ0v) is 14.2. The van der Waals surface area contributed by atoms with Gasteiger partial charge in [0.15, 0.2) is 10.4 Å². The minimum atomic E-state index is -1.53. The van der Waals surface area contributed by atoms with Crippen LogP contribution in [0.4, 0.5) is 0 Å². The lowest BCUT2D eigenvalue weighted by atomic mass is 9.90. The molecule has 0 bridgehead atoms. The molecule has 7 atom stereocenters. The molecular weight excluding hydrogens is 376 g/mol. The van der Waals surface area contributed by atoms with Crippen LogP contribution in [0.5, 0.6) is 0 Å². The van der Waals surface area contributed by atoms with Crippen molar-refractivity contribution in [2.75, 3.05) is 14.2 Å². The predicted octanol–water partition coefficient (Wildman–Crippen LogP) is -0.233. The average Bonchev–Trinajstić information content (AvgIpc) is 3.11. The number of rotatable bonds is 3. The molecule has 4 fully saturated rings. The number of esters is 3. The standard InChI is InChI=1S/C14H15BrO8/c1-4(16)21-10-8-5-6-9(10)23-12(18)13(6,15)14(19-2,20-3)7(5)11(17)22-8/h5-10H,1-3H3/t5-,6-,7+,8+,9-,10-,13+/m1/s1. The van der Waals surface area contributed by atoms with Gasteiger partial charge in [0, 0.05) is 33.0 Å². The molecule has 0 amide bonds. The zero-order valence-electron chi connectivity index (χ0n) is 12.6. The molecule has 2 saturated carbocycles. The highest BCUT2D eigenvalue weighted by Crippen LogP contribution is 2.70. The van der Waals surface area contributed by atoms with Crippen molar-refractivity contribution in [3.05, 3.63) is 0 Å². The van der Waals surface area contributed by atoms with E-state index < -0.39 is 64.1 Å². The third-order valence-electron chi connectivity index (χ3n) is 5.51. The second kappa shape index (κ2) is 4.46. The quantitative estimate of drug-likeness (QED) is 0.282. The van der Waals surface area contributed by atoms with E-state index in [2.05, 4.69) is 15.9 Å². The molecule has 0 radical (unpaired) electrons. The molecule has 126 valence electrons. The number of methoxy groups -OCH3 is 2. The van der Waals surface area contributed by atoms with E-state index >= 15 is 0 Å². The maximum Gasteiger partial charge on any atom is 0.329 e. The van der Waals surface area contributed by atoms with Gasteiger partial charge in [0.25, 0.3) is 0 Å². The Morgan fingerprint density at radius 1 is 1.17 bits per heavy atom. The van der Waals surface area contributed by atoms with E-state index in [1.54, 1.807) is 0 Å². The maximum absolute atomic E-state index is 12.6. The van der Waals surface area contributed by atoms with Crippen molar-refractivity contribution in [3.63, 3.8) is 0 Å². The van der Waals surface area contributed by atoms with Gasteiger partial charge < -0.3 is 23.7 Å². The van der Waals surface area contributed by atoms with Crippen molar-refractivity contribution in [1.82, 2.24) is 0 Å². The molecule has 9 heteroatoms. The number of hydrogen-bond acceptors (Lipinski definition) is 8. The molecular formula is C14H15BrO8. The topological polar surface area (TPSA) is 97.4 Å². The van der Waals surface area contributed by atoms with E-state index in [0.717, 1.165) is 0 Å². The van der Waals surface area contributed by atoms with Crippen LogP contribution >= 0.6 is 15.9 Å². The summed E-state index contributed by atoms with van der Waals surface area (Å²) in [4.78, 5) is 36.4. The van der Waals surface area contributed by atoms with E-state index in [0.29, 0.717) is 0 Å². The number of hydrogen-bond donors (Lipinski definition) is 0. The zero-order chi connectivity index (χ0) is 16.7. The summed E-state index contributed by atoms with van der Waals surface area (Å²) in [7, 11) is 2.75. The lowest BCUT2D eigenvalue weighted by molar-refractivity contribution is -0.241. The van der Waals surface area contributed by atoms with Crippen LogP contribution in [-0.4, -0.2) is 60.6 Å². The van der Waals surface area contributed by atoms with Crippen LogP contribution in [-0.2, 0) is 38.1 Å². The van der Waals surface area contributed by atoms with Gasteiger partial charge in [-0.3, -0.25) is 14.4 Å². The number of carbonyl (C=O) groups is 3. The SMILES string of the molecule is COC1(OC)[C@@H]2C(=O)O[C@@H]3[C@@H](OC(C)=O)[C@@H]4OC(=O)[C@@]1(Br)[C@@H]4[C@@H]32. The monoisotopic (exact) mass is 390 g/mol. The maximum atomic E-state index is 12.6. The largest absolute Gasteiger partial charge is 0.458 e. The highest BCUT2D eigenvalue weighted by molar-refractivity contribution is 9.10. The summed E-state index contributed by atoms with van der Waals surface area (Å²) < 4.78 is 25.9. The first-order chi connectivity index (χ1) is 10.8. The van der Waals surface area contributed by atoms with Crippen LogP contribution in [0.3, 0.4) is 0 Å². The van der Waals surface area contributed by atoms with Crippen LogP contribution < -0.4 is 0 Å². The van der Waals surface area contributed by atoms with Crippen LogP contribution in [0, 0.1) is 17.8 Å². The van der Waals surface area contributed by atoms with E-state index in [1.807, 2.05) is 0 Å². The lowest BCUT2D eigenvalue weighted by Gasteiger charge is -2.38. The Balaban J connectivity index is 1.88. The Kier molecular flexibility index (Phi) is 2.97. The van der Waals surface area contributed by atoms with Crippen LogP contribution in [0.25, 0.3) is 0 Å². The first-order valence-corrected chi connectivity index (χ1v) is 8.00. The summed E-state index contributed by atoms with van der Waals surface area (Å²) in [5.74, 6) is -4.83. The van der Waals surface area contributed by atoms with Gasteiger partial charge in [-0.2, -0.15) is 0 Å². The Bertz CT molecular complexity index is 616. The van der Waals surface area contributed by atoms with E-state index in [4.69, 9.17) is 23.7 Å². The molecule has 2 saturated heterocycles. The van der Waals surface area contributed by atoms with E-state index in [9.17, 15) is 14.4 Å². The molecule has 0 unspecified atom stereocenters. The minimum Gasteiger partial charge on any atom is -0.458 e. The fourth-order valence-electron chi connectivity index (χ4n) is 4.89. The van der Waals surface area contributed by atoms with Crippen molar-refractivity contribution < 1.29 is 38.1 Å². The van der Waals surface area contributed by atoms with Crippen LogP contribution in [0.15, 0.2) is 0 Å². The summed E-state index contributed by atoms with van der Waals surface area (Å²) >= 11 is 3.45. The number of halogens is 1. The van der Waals surface area contributed by atoms with Crippen molar-refractivity contribution in [1.29, 1.82) is 0 Å². The summed E-state index contributed by atoms with van der Waals surface area (Å²) in [5, 5.41) is 0. The van der Waals surface area contributed by atoms with Crippen molar-refractivity contribution in [2.24, 2.45) is 17.8 Å². The Morgan fingerprint density at radius 3 is 2.39 bits per heavy atom. The molecule has 8 nitrogen and oxygen atoms in total. The Hall–Kier alpha value is -1.19. The number of ether oxygens (including phenoxy) is 5. The number of alkyl halides is 1. The molecule has 0 aromatic rings. The normalized spacial score (nSPS) is 48.2. The minimum absolute atomic E-state index is 0.400. The lowest BCUT2D eigenvalue weighted by Crippen LogP contribution is -2.58. The van der Waals surface area contributed by atoms with Gasteiger partial charge in [-0.15, -0.1) is 0 Å². The van der Waals surface area contributed by atoms with Crippen molar-refractivity contribution in [3.8, 4) is 0 Å². The van der Waals surface area contributed by atoms with Gasteiger partial charge in [-0.05, 0) is 0 Å². The molecule has 0 aromatic carbocycles. The van der Waals surface area contributed by atoms with Gasteiger partial charge in [-0.1, -0.05) is 15.9 Å². The Labute approximate surface area is 139 Å². The Morgan fingerprint density at radius 2 is 1.83 bits per heavy atom. The average molecular weight is 391 g/mol. The second-order valence-electron chi connectivity index (χ2n) is 6.21. The molecule has 0 aromatic heterocycles. The van der Waals surface area contributed by atoms with Crippen LogP contribution in [0.2, 0.25) is 0 Å². The van der Waals surface area contributed by atoms with Crippen molar-refractivity contribution >= 4 is 33.8 Å². The summed E-state index contributed by atoms with van der Waals surface area (Å²) in [5.41, 5.74) is 0. The highest BCUT2D eigenvalue weighted by atomic mass is 79.9. The fourth-order valence-corrected chi connectivity index (χ4v) is 6.12. The molecule has 2 heterocycles. The molecule has 4 aliphatic rings. The molecule has 0 spiro atoms. The van der Waals surface area contributed by atoms with Gasteiger partial charge in [0.05, 0.1) is 0 Å². The highest BCUT2D eigenvalue weighted by Gasteiger charge is 2.88. The number of carbonyl (C=O) groups excluding carboxylic acids is 3. The molecule has 23 heavy (non-hydrogen) atoms. The fraction of sp³-hybridized carbons (Fsp3) is 0.786. The second-order valence-corrected chi connectivity index (χ2v) is 7.46. The van der Waals surface area contributed by atoms with E-state index in [-0.39, 0.29) is 0 Å². The summed E-state index contributed by atoms with van der Waals surface area (Å²) in [6.07, 6.45) is -2.20. The smallest absolute Gasteiger partial charge is 0.329 e. The van der Waals surface area contributed by atoms with Crippen molar-refractivity contribution in [2.45, 2.75) is 35.3 Å². The van der Waals surface area contributed by atoms with E-state index in [1.165, 1.54) is 21.1 Å². The summed E-state index contributed by atoms with van der Waals surface area (Å²) in [6.45, 7) is 1.26. The van der Waals surface area contributed by atoms with Gasteiger partial charge in [0.1, 0.15) is 18.1 Å². The van der Waals surface area contributed by atoms with Crippen LogP contribution in [0.1, 0.15) is 6.92 Å². The first kappa shape index (κ1) is 15.3. The van der Waals surface area contributed by atoms with Gasteiger partial charge in [0.2, 0.25) is 5.79 Å². The third-order valence-corrected chi connectivity index (χ3v) is 6.92.